The van der Waals surface area contributed by atoms with Crippen molar-refractivity contribution in [3.05, 3.63) is 40.0 Å². The van der Waals surface area contributed by atoms with E-state index >= 15 is 0 Å². The second kappa shape index (κ2) is 5.70. The second-order valence-corrected chi connectivity index (χ2v) is 6.30. The predicted octanol–water partition coefficient (Wildman–Crippen LogP) is 3.63. The molecule has 0 aliphatic carbocycles. The maximum atomic E-state index is 4.79. The van der Waals surface area contributed by atoms with Gasteiger partial charge in [-0.3, -0.25) is 4.68 Å². The van der Waals surface area contributed by atoms with Crippen LogP contribution in [0.2, 0.25) is 0 Å². The smallest absolute Gasteiger partial charge is 0.0826 e. The third kappa shape index (κ3) is 2.42. The Balaban J connectivity index is 2.05. The summed E-state index contributed by atoms with van der Waals surface area (Å²) in [6, 6.07) is 8.49. The van der Waals surface area contributed by atoms with Crippen LogP contribution in [0.3, 0.4) is 0 Å². The summed E-state index contributed by atoms with van der Waals surface area (Å²) in [5, 5.41) is 8.21. The van der Waals surface area contributed by atoms with Gasteiger partial charge < -0.3 is 5.32 Å². The Kier molecular flexibility index (Phi) is 3.94. The van der Waals surface area contributed by atoms with E-state index in [1.165, 1.54) is 39.8 Å². The van der Waals surface area contributed by atoms with Gasteiger partial charge in [0.15, 0.2) is 0 Å². The van der Waals surface area contributed by atoms with Crippen molar-refractivity contribution in [1.82, 2.24) is 15.1 Å². The van der Waals surface area contributed by atoms with Gasteiger partial charge in [-0.25, -0.2) is 0 Å². The average Bonchev–Trinajstić information content (AvgIpc) is 2.76. The lowest BCUT2D eigenvalue weighted by molar-refractivity contribution is 0.449. The fraction of sp³-hybridized carbons (Fsp3) is 0.438. The molecule has 20 heavy (non-hydrogen) atoms. The van der Waals surface area contributed by atoms with Crippen molar-refractivity contribution in [1.29, 1.82) is 0 Å². The third-order valence-corrected chi connectivity index (χ3v) is 4.92. The van der Waals surface area contributed by atoms with Gasteiger partial charge in [0, 0.05) is 18.5 Å². The van der Waals surface area contributed by atoms with Crippen molar-refractivity contribution in [2.24, 2.45) is 7.05 Å². The van der Waals surface area contributed by atoms with E-state index in [2.05, 4.69) is 52.4 Å². The van der Waals surface area contributed by atoms with Gasteiger partial charge in [-0.05, 0) is 54.3 Å². The number of rotatable bonds is 2. The van der Waals surface area contributed by atoms with E-state index in [0.29, 0.717) is 5.92 Å². The minimum absolute atomic E-state index is 0.564. The number of aryl methyl sites for hydroxylation is 2. The topological polar surface area (TPSA) is 29.9 Å². The number of aromatic nitrogens is 2. The molecule has 3 nitrogen and oxygen atoms in total. The molecule has 0 radical (unpaired) electrons. The van der Waals surface area contributed by atoms with Gasteiger partial charge in [0.25, 0.3) is 0 Å². The van der Waals surface area contributed by atoms with Gasteiger partial charge in [-0.2, -0.15) is 5.10 Å². The molecule has 0 unspecified atom stereocenters. The normalized spacial score (nSPS) is 16.6. The fourth-order valence-corrected chi connectivity index (χ4v) is 3.88. The summed E-state index contributed by atoms with van der Waals surface area (Å²) < 4.78 is 3.19. The van der Waals surface area contributed by atoms with E-state index in [1.807, 2.05) is 11.7 Å². The van der Waals surface area contributed by atoms with Crippen LogP contribution in [0.5, 0.6) is 0 Å². The molecule has 1 aliphatic heterocycles. The third-order valence-electron chi connectivity index (χ3n) is 4.14. The first-order chi connectivity index (χ1) is 9.68. The molecule has 1 N–H and O–H groups in total. The number of benzene rings is 1. The van der Waals surface area contributed by atoms with Crippen molar-refractivity contribution in [2.45, 2.75) is 25.7 Å². The number of hydrogen-bond donors (Lipinski definition) is 1. The molecule has 3 rings (SSSR count). The molecule has 2 aromatic rings. The lowest BCUT2D eigenvalue weighted by atomic mass is 9.94. The molecule has 0 amide bonds. The SMILES string of the molecule is Cc1ccccc1-c1c(Br)c(C2CCNCC2)nn1C. The zero-order valence-corrected chi connectivity index (χ0v) is 13.6. The van der Waals surface area contributed by atoms with Crippen molar-refractivity contribution >= 4 is 15.9 Å². The first-order valence-corrected chi connectivity index (χ1v) is 7.97. The standard InChI is InChI=1S/C16H20BrN3/c1-11-5-3-4-6-13(11)16-14(17)15(19-20(16)2)12-7-9-18-10-8-12/h3-6,12,18H,7-10H2,1-2H3. The molecule has 1 fully saturated rings. The number of halogens is 1. The highest BCUT2D eigenvalue weighted by atomic mass is 79.9. The molecule has 1 saturated heterocycles. The molecular formula is C16H20BrN3. The number of nitrogens with one attached hydrogen (secondary N) is 1. The van der Waals surface area contributed by atoms with Gasteiger partial charge >= 0.3 is 0 Å². The zero-order chi connectivity index (χ0) is 14.1. The Bertz CT molecular complexity index is 612. The average molecular weight is 334 g/mol. The minimum Gasteiger partial charge on any atom is -0.317 e. The minimum atomic E-state index is 0.564. The van der Waals surface area contributed by atoms with Crippen LogP contribution in [-0.4, -0.2) is 22.9 Å². The van der Waals surface area contributed by atoms with Crippen molar-refractivity contribution in [2.75, 3.05) is 13.1 Å². The number of nitrogens with zero attached hydrogens (tertiary/aromatic N) is 2. The highest BCUT2D eigenvalue weighted by Crippen LogP contribution is 2.38. The van der Waals surface area contributed by atoms with Crippen LogP contribution in [0.25, 0.3) is 11.3 Å². The van der Waals surface area contributed by atoms with Crippen LogP contribution in [0.1, 0.15) is 30.0 Å². The molecule has 2 heterocycles. The monoisotopic (exact) mass is 333 g/mol. The second-order valence-electron chi connectivity index (χ2n) is 5.51. The Labute approximate surface area is 128 Å². The van der Waals surface area contributed by atoms with Gasteiger partial charge in [-0.1, -0.05) is 24.3 Å². The van der Waals surface area contributed by atoms with Crippen molar-refractivity contribution in [3.8, 4) is 11.3 Å². The molecule has 1 aromatic carbocycles. The van der Waals surface area contributed by atoms with Gasteiger partial charge in [-0.15, -0.1) is 0 Å². The number of hydrogen-bond acceptors (Lipinski definition) is 2. The summed E-state index contributed by atoms with van der Waals surface area (Å²) in [6.07, 6.45) is 2.34. The van der Waals surface area contributed by atoms with Crippen LogP contribution in [0.15, 0.2) is 28.7 Å². The quantitative estimate of drug-likeness (QED) is 0.909. The van der Waals surface area contributed by atoms with E-state index in [1.54, 1.807) is 0 Å². The highest BCUT2D eigenvalue weighted by Gasteiger charge is 2.24. The summed E-state index contributed by atoms with van der Waals surface area (Å²) in [7, 11) is 2.04. The highest BCUT2D eigenvalue weighted by molar-refractivity contribution is 9.10. The molecule has 0 bridgehead atoms. The van der Waals surface area contributed by atoms with Gasteiger partial charge in [0.05, 0.1) is 15.9 Å². The first-order valence-electron chi connectivity index (χ1n) is 7.17. The van der Waals surface area contributed by atoms with Crippen LogP contribution in [0, 0.1) is 6.92 Å². The molecule has 1 aliphatic rings. The summed E-state index contributed by atoms with van der Waals surface area (Å²) in [5.41, 5.74) is 4.95. The van der Waals surface area contributed by atoms with Crippen molar-refractivity contribution in [3.63, 3.8) is 0 Å². The maximum Gasteiger partial charge on any atom is 0.0826 e. The summed E-state index contributed by atoms with van der Waals surface area (Å²) >= 11 is 3.80. The Morgan fingerprint density at radius 1 is 1.25 bits per heavy atom. The van der Waals surface area contributed by atoms with Crippen LogP contribution >= 0.6 is 15.9 Å². The molecule has 106 valence electrons. The lowest BCUT2D eigenvalue weighted by Gasteiger charge is -2.21. The predicted molar refractivity (Wildman–Crippen MR) is 85.9 cm³/mol. The Morgan fingerprint density at radius 3 is 2.65 bits per heavy atom. The van der Waals surface area contributed by atoms with E-state index in [0.717, 1.165) is 13.1 Å². The fourth-order valence-electron chi connectivity index (χ4n) is 3.01. The van der Waals surface area contributed by atoms with Gasteiger partial charge in [0.1, 0.15) is 0 Å². The van der Waals surface area contributed by atoms with Crippen LogP contribution < -0.4 is 5.32 Å². The van der Waals surface area contributed by atoms with Crippen LogP contribution in [-0.2, 0) is 7.05 Å². The van der Waals surface area contributed by atoms with E-state index in [-0.39, 0.29) is 0 Å². The molecular weight excluding hydrogens is 314 g/mol. The lowest BCUT2D eigenvalue weighted by Crippen LogP contribution is -2.27. The van der Waals surface area contributed by atoms with E-state index in [4.69, 9.17) is 5.10 Å². The van der Waals surface area contributed by atoms with Crippen LogP contribution in [0.4, 0.5) is 0 Å². The summed E-state index contributed by atoms with van der Waals surface area (Å²) in [5.74, 6) is 0.564. The van der Waals surface area contributed by atoms with Gasteiger partial charge in [0.2, 0.25) is 0 Å². The molecule has 1 aromatic heterocycles. The summed E-state index contributed by atoms with van der Waals surface area (Å²) in [6.45, 7) is 4.33. The van der Waals surface area contributed by atoms with E-state index in [9.17, 15) is 0 Å². The largest absolute Gasteiger partial charge is 0.317 e. The zero-order valence-electron chi connectivity index (χ0n) is 12.0. The number of piperidine rings is 1. The molecule has 0 atom stereocenters. The Morgan fingerprint density at radius 2 is 1.95 bits per heavy atom. The molecule has 0 saturated carbocycles. The van der Waals surface area contributed by atoms with E-state index < -0.39 is 0 Å². The van der Waals surface area contributed by atoms with Crippen molar-refractivity contribution < 1.29 is 0 Å². The maximum absolute atomic E-state index is 4.79. The molecule has 4 heteroatoms. The molecule has 0 spiro atoms. The Hall–Kier alpha value is -1.13. The summed E-state index contributed by atoms with van der Waals surface area (Å²) in [4.78, 5) is 0. The first kappa shape index (κ1) is 13.8.